The SMILES string of the molecule is CCCC/C=C\CCCCCCCCOCC(COP(=O)([O-])OCC[N+](C)(C)C)OC(=O)CCCCCCCCCC. The Kier molecular flexibility index (Phi) is 27.3. The maximum absolute atomic E-state index is 12.5. The monoisotopic (exact) mass is 619 g/mol. The first-order valence-corrected chi connectivity index (χ1v) is 18.4. The smallest absolute Gasteiger partial charge is 0.306 e. The number of allylic oxidation sites excluding steroid dienone is 2. The topological polar surface area (TPSA) is 94.1 Å². The van der Waals surface area contributed by atoms with Crippen molar-refractivity contribution in [1.82, 2.24) is 0 Å². The van der Waals surface area contributed by atoms with Crippen LogP contribution in [0.5, 0.6) is 0 Å². The van der Waals surface area contributed by atoms with E-state index in [9.17, 15) is 14.3 Å². The first kappa shape index (κ1) is 41.2. The Morgan fingerprint density at radius 3 is 1.88 bits per heavy atom. The standard InChI is InChI=1S/C33H66NO7P/c1-6-8-10-12-14-16-17-18-19-21-23-25-28-38-30-32(31-40-42(36,37)39-29-27-34(3,4)5)41-33(35)26-24-22-20-15-13-11-9-7-2/h12,14,32H,6-11,13,15-31H2,1-5H3/b14-12-. The number of nitrogens with zero attached hydrogens (tertiary/aromatic N) is 1. The van der Waals surface area contributed by atoms with Gasteiger partial charge in [0.25, 0.3) is 7.82 Å². The number of carbonyl (C=O) groups excluding carboxylic acids is 1. The molecule has 2 unspecified atom stereocenters. The van der Waals surface area contributed by atoms with E-state index in [-0.39, 0.29) is 25.8 Å². The lowest BCUT2D eigenvalue weighted by Crippen LogP contribution is -2.37. The van der Waals surface area contributed by atoms with Crippen LogP contribution in [0, 0.1) is 0 Å². The van der Waals surface area contributed by atoms with Crippen molar-refractivity contribution in [2.45, 2.75) is 142 Å². The summed E-state index contributed by atoms with van der Waals surface area (Å²) in [5.41, 5.74) is 0. The van der Waals surface area contributed by atoms with Crippen molar-refractivity contribution in [1.29, 1.82) is 0 Å². The largest absolute Gasteiger partial charge is 0.756 e. The average Bonchev–Trinajstić information content (AvgIpc) is 2.92. The number of unbranched alkanes of at least 4 members (excludes halogenated alkanes) is 15. The molecular formula is C33H66NO7P. The third-order valence-electron chi connectivity index (χ3n) is 7.07. The second kappa shape index (κ2) is 27.8. The number of hydrogen-bond acceptors (Lipinski definition) is 7. The number of ether oxygens (including phenoxy) is 2. The highest BCUT2D eigenvalue weighted by Gasteiger charge is 2.20. The number of rotatable bonds is 31. The molecule has 0 aliphatic rings. The minimum Gasteiger partial charge on any atom is -0.756 e. The van der Waals surface area contributed by atoms with Crippen molar-refractivity contribution in [3.05, 3.63) is 12.2 Å². The molecule has 0 aromatic rings. The first-order chi connectivity index (χ1) is 20.1. The summed E-state index contributed by atoms with van der Waals surface area (Å²) < 4.78 is 34.2. The van der Waals surface area contributed by atoms with Gasteiger partial charge in [-0.1, -0.05) is 109 Å². The molecule has 42 heavy (non-hydrogen) atoms. The van der Waals surface area contributed by atoms with Gasteiger partial charge in [0.1, 0.15) is 19.3 Å². The Morgan fingerprint density at radius 2 is 1.26 bits per heavy atom. The van der Waals surface area contributed by atoms with E-state index in [1.54, 1.807) is 0 Å². The van der Waals surface area contributed by atoms with E-state index in [0.29, 0.717) is 24.1 Å². The maximum atomic E-state index is 12.5. The summed E-state index contributed by atoms with van der Waals surface area (Å²) in [4.78, 5) is 24.7. The molecule has 8 nitrogen and oxygen atoms in total. The quantitative estimate of drug-likeness (QED) is 0.0254. The van der Waals surface area contributed by atoms with E-state index in [2.05, 4.69) is 26.0 Å². The van der Waals surface area contributed by atoms with Gasteiger partial charge in [0.15, 0.2) is 0 Å². The van der Waals surface area contributed by atoms with Gasteiger partial charge in [0.2, 0.25) is 0 Å². The molecule has 2 atom stereocenters. The van der Waals surface area contributed by atoms with Crippen LogP contribution >= 0.6 is 7.82 Å². The van der Waals surface area contributed by atoms with E-state index >= 15 is 0 Å². The molecule has 0 rings (SSSR count). The highest BCUT2D eigenvalue weighted by atomic mass is 31.2. The predicted molar refractivity (Wildman–Crippen MR) is 171 cm³/mol. The second-order valence-electron chi connectivity index (χ2n) is 12.5. The van der Waals surface area contributed by atoms with Crippen LogP contribution in [0.2, 0.25) is 0 Å². The van der Waals surface area contributed by atoms with Crippen LogP contribution in [0.4, 0.5) is 0 Å². The molecule has 0 bridgehead atoms. The predicted octanol–water partition coefficient (Wildman–Crippen LogP) is 8.13. The third-order valence-corrected chi connectivity index (χ3v) is 8.03. The van der Waals surface area contributed by atoms with E-state index in [1.165, 1.54) is 83.5 Å². The van der Waals surface area contributed by atoms with Gasteiger partial charge in [-0.2, -0.15) is 0 Å². The van der Waals surface area contributed by atoms with Crippen LogP contribution in [-0.2, 0) is 27.9 Å². The van der Waals surface area contributed by atoms with Gasteiger partial charge in [0.05, 0.1) is 34.4 Å². The molecular weight excluding hydrogens is 553 g/mol. The maximum Gasteiger partial charge on any atom is 0.306 e. The zero-order chi connectivity index (χ0) is 31.4. The van der Waals surface area contributed by atoms with Crippen LogP contribution < -0.4 is 4.89 Å². The fraction of sp³-hybridized carbons (Fsp3) is 0.909. The van der Waals surface area contributed by atoms with Gasteiger partial charge in [-0.05, 0) is 32.1 Å². The Bertz CT molecular complexity index is 696. The lowest BCUT2D eigenvalue weighted by atomic mass is 10.1. The molecule has 0 aromatic carbocycles. The Hall–Kier alpha value is -0.760. The summed E-state index contributed by atoms with van der Waals surface area (Å²) in [6.07, 6.45) is 25.1. The fourth-order valence-corrected chi connectivity index (χ4v) is 5.08. The number of quaternary nitrogens is 1. The molecule has 0 N–H and O–H groups in total. The Balaban J connectivity index is 4.34. The molecule has 0 aliphatic heterocycles. The normalized spacial score (nSPS) is 14.3. The molecule has 0 aliphatic carbocycles. The van der Waals surface area contributed by atoms with Crippen LogP contribution in [0.15, 0.2) is 12.2 Å². The lowest BCUT2D eigenvalue weighted by molar-refractivity contribution is -0.870. The molecule has 0 fully saturated rings. The number of phosphoric ester groups is 1. The number of phosphoric acid groups is 1. The van der Waals surface area contributed by atoms with Crippen molar-refractivity contribution < 1.29 is 37.3 Å². The van der Waals surface area contributed by atoms with Crippen LogP contribution in [0.1, 0.15) is 136 Å². The summed E-state index contributed by atoms with van der Waals surface area (Å²) in [5, 5.41) is 0. The van der Waals surface area contributed by atoms with Gasteiger partial charge < -0.3 is 27.9 Å². The summed E-state index contributed by atoms with van der Waals surface area (Å²) >= 11 is 0. The van der Waals surface area contributed by atoms with Gasteiger partial charge in [-0.25, -0.2) is 0 Å². The Labute approximate surface area is 259 Å². The summed E-state index contributed by atoms with van der Waals surface area (Å²) in [7, 11) is 1.35. The first-order valence-electron chi connectivity index (χ1n) is 16.9. The van der Waals surface area contributed by atoms with E-state index in [1.807, 2.05) is 21.1 Å². The number of likely N-dealkylation sites (N-methyl/N-ethyl adjacent to an activating group) is 1. The second-order valence-corrected chi connectivity index (χ2v) is 13.9. The number of carbonyl (C=O) groups is 1. The van der Waals surface area contributed by atoms with Crippen molar-refractivity contribution in [3.63, 3.8) is 0 Å². The van der Waals surface area contributed by atoms with E-state index in [4.69, 9.17) is 18.5 Å². The molecule has 0 heterocycles. The third kappa shape index (κ3) is 30.7. The van der Waals surface area contributed by atoms with E-state index in [0.717, 1.165) is 32.1 Å². The molecule has 0 amide bonds. The van der Waals surface area contributed by atoms with Gasteiger partial charge in [-0.3, -0.25) is 9.36 Å². The summed E-state index contributed by atoms with van der Waals surface area (Å²) in [6.45, 7) is 5.32. The van der Waals surface area contributed by atoms with Crippen molar-refractivity contribution in [3.8, 4) is 0 Å². The molecule has 0 aromatic heterocycles. The van der Waals surface area contributed by atoms with Crippen molar-refractivity contribution in [2.24, 2.45) is 0 Å². The summed E-state index contributed by atoms with van der Waals surface area (Å²) in [5.74, 6) is -0.343. The minimum absolute atomic E-state index is 0.0271. The Morgan fingerprint density at radius 1 is 0.714 bits per heavy atom. The number of esters is 1. The zero-order valence-corrected chi connectivity index (χ0v) is 28.8. The lowest BCUT2D eigenvalue weighted by Gasteiger charge is -2.28. The van der Waals surface area contributed by atoms with Crippen LogP contribution in [-0.4, -0.2) is 70.7 Å². The van der Waals surface area contributed by atoms with Crippen molar-refractivity contribution in [2.75, 3.05) is 54.1 Å². The molecule has 9 heteroatoms. The molecule has 0 spiro atoms. The van der Waals surface area contributed by atoms with E-state index < -0.39 is 13.9 Å². The van der Waals surface area contributed by atoms with Gasteiger partial charge >= 0.3 is 5.97 Å². The molecule has 0 saturated heterocycles. The van der Waals surface area contributed by atoms with Crippen LogP contribution in [0.3, 0.4) is 0 Å². The summed E-state index contributed by atoms with van der Waals surface area (Å²) in [6, 6.07) is 0. The fourth-order valence-electron chi connectivity index (χ4n) is 4.35. The minimum atomic E-state index is -4.50. The van der Waals surface area contributed by atoms with Crippen molar-refractivity contribution >= 4 is 13.8 Å². The molecule has 0 saturated carbocycles. The highest BCUT2D eigenvalue weighted by Crippen LogP contribution is 2.38. The molecule has 0 radical (unpaired) electrons. The van der Waals surface area contributed by atoms with Gasteiger partial charge in [0, 0.05) is 13.0 Å². The molecule has 250 valence electrons. The highest BCUT2D eigenvalue weighted by molar-refractivity contribution is 7.45. The number of hydrogen-bond donors (Lipinski definition) is 0. The van der Waals surface area contributed by atoms with Crippen LogP contribution in [0.25, 0.3) is 0 Å². The average molecular weight is 620 g/mol. The zero-order valence-electron chi connectivity index (χ0n) is 28.0. The van der Waals surface area contributed by atoms with Gasteiger partial charge in [-0.15, -0.1) is 0 Å².